The minimum Gasteiger partial charge on any atom is -0.481 e. The van der Waals surface area contributed by atoms with E-state index in [-0.39, 0.29) is 11.9 Å². The molecule has 2 rings (SSSR count). The van der Waals surface area contributed by atoms with Crippen LogP contribution in [0.3, 0.4) is 0 Å². The van der Waals surface area contributed by atoms with Crippen LogP contribution >= 0.6 is 11.6 Å². The van der Waals surface area contributed by atoms with Gasteiger partial charge in [0.05, 0.1) is 6.04 Å². The van der Waals surface area contributed by atoms with Gasteiger partial charge in [-0.25, -0.2) is 0 Å². The lowest BCUT2D eigenvalue weighted by molar-refractivity contribution is -0.128. The summed E-state index contributed by atoms with van der Waals surface area (Å²) in [5.74, 6) is 0.480. The van der Waals surface area contributed by atoms with Gasteiger partial charge < -0.3 is 10.1 Å². The molecule has 0 aliphatic rings. The quantitative estimate of drug-likeness (QED) is 0.800. The monoisotopic (exact) mass is 345 g/mol. The van der Waals surface area contributed by atoms with Crippen molar-refractivity contribution >= 4 is 17.5 Å². The van der Waals surface area contributed by atoms with Gasteiger partial charge in [0.15, 0.2) is 6.10 Å². The van der Waals surface area contributed by atoms with E-state index in [1.54, 1.807) is 24.3 Å². The number of amides is 1. The Balaban J connectivity index is 2.05. The number of rotatable bonds is 6. The van der Waals surface area contributed by atoms with E-state index in [0.29, 0.717) is 17.2 Å². The van der Waals surface area contributed by atoms with Gasteiger partial charge in [-0.3, -0.25) is 4.79 Å². The second-order valence-electron chi connectivity index (χ2n) is 6.06. The molecule has 24 heavy (non-hydrogen) atoms. The number of nitrogens with one attached hydrogen (secondary N) is 1. The molecule has 0 bridgehead atoms. The van der Waals surface area contributed by atoms with Crippen LogP contribution < -0.4 is 10.1 Å². The number of hydrogen-bond donors (Lipinski definition) is 1. The van der Waals surface area contributed by atoms with E-state index in [1.807, 2.05) is 13.8 Å². The third-order valence-corrected chi connectivity index (χ3v) is 4.22. The molecule has 1 N–H and O–H groups in total. The van der Waals surface area contributed by atoms with Crippen molar-refractivity contribution in [1.82, 2.24) is 5.32 Å². The standard InChI is InChI=1S/C20H24ClNO2/c1-5-19(24-17-8-6-7-16(21)12-17)20(23)22-15(4)18-10-9-13(2)11-14(18)3/h6-12,15,19H,5H2,1-4H3,(H,22,23)/t15-,19+/m0/s1. The summed E-state index contributed by atoms with van der Waals surface area (Å²) in [5.41, 5.74) is 3.50. The average molecular weight is 346 g/mol. The van der Waals surface area contributed by atoms with Crippen molar-refractivity contribution in [2.75, 3.05) is 0 Å². The molecule has 0 heterocycles. The molecular formula is C20H24ClNO2. The summed E-state index contributed by atoms with van der Waals surface area (Å²) in [6, 6.07) is 13.3. The number of carbonyl (C=O) groups is 1. The molecular weight excluding hydrogens is 322 g/mol. The summed E-state index contributed by atoms with van der Waals surface area (Å²) in [5, 5.41) is 3.63. The van der Waals surface area contributed by atoms with Gasteiger partial charge in [-0.05, 0) is 56.5 Å². The molecule has 2 atom stereocenters. The number of halogens is 1. The molecule has 0 aliphatic carbocycles. The van der Waals surface area contributed by atoms with Gasteiger partial charge >= 0.3 is 0 Å². The Labute approximate surface area is 149 Å². The second kappa shape index (κ2) is 8.20. The van der Waals surface area contributed by atoms with E-state index in [4.69, 9.17) is 16.3 Å². The van der Waals surface area contributed by atoms with Crippen LogP contribution in [0.25, 0.3) is 0 Å². The van der Waals surface area contributed by atoms with E-state index < -0.39 is 6.10 Å². The Kier molecular flexibility index (Phi) is 6.27. The highest BCUT2D eigenvalue weighted by atomic mass is 35.5. The Morgan fingerprint density at radius 1 is 1.21 bits per heavy atom. The van der Waals surface area contributed by atoms with E-state index in [1.165, 1.54) is 11.1 Å². The SMILES string of the molecule is CC[C@@H](Oc1cccc(Cl)c1)C(=O)N[C@@H](C)c1ccc(C)cc1C. The molecule has 3 nitrogen and oxygen atoms in total. The Morgan fingerprint density at radius 3 is 2.58 bits per heavy atom. The highest BCUT2D eigenvalue weighted by Gasteiger charge is 2.21. The summed E-state index contributed by atoms with van der Waals surface area (Å²) >= 11 is 5.97. The van der Waals surface area contributed by atoms with Crippen molar-refractivity contribution in [2.45, 2.75) is 46.3 Å². The molecule has 0 saturated heterocycles. The predicted molar refractivity (Wildman–Crippen MR) is 98.6 cm³/mol. The van der Waals surface area contributed by atoms with Gasteiger partial charge in [0.2, 0.25) is 0 Å². The number of hydrogen-bond acceptors (Lipinski definition) is 2. The van der Waals surface area contributed by atoms with Crippen molar-refractivity contribution < 1.29 is 9.53 Å². The molecule has 0 radical (unpaired) electrons. The van der Waals surface area contributed by atoms with Crippen LogP contribution in [0.2, 0.25) is 5.02 Å². The molecule has 0 saturated carbocycles. The lowest BCUT2D eigenvalue weighted by Crippen LogP contribution is -2.39. The molecule has 1 amide bonds. The zero-order valence-corrected chi connectivity index (χ0v) is 15.4. The minimum atomic E-state index is -0.545. The minimum absolute atomic E-state index is 0.0740. The zero-order valence-electron chi connectivity index (χ0n) is 14.6. The molecule has 0 spiro atoms. The van der Waals surface area contributed by atoms with Crippen LogP contribution in [0.5, 0.6) is 5.75 Å². The van der Waals surface area contributed by atoms with E-state index >= 15 is 0 Å². The van der Waals surface area contributed by atoms with E-state index in [2.05, 4.69) is 37.4 Å². The molecule has 2 aromatic rings. The van der Waals surface area contributed by atoms with E-state index in [0.717, 1.165) is 5.56 Å². The molecule has 0 aromatic heterocycles. The first-order chi connectivity index (χ1) is 11.4. The first-order valence-corrected chi connectivity index (χ1v) is 8.58. The Bertz CT molecular complexity index is 715. The highest BCUT2D eigenvalue weighted by molar-refractivity contribution is 6.30. The maximum absolute atomic E-state index is 12.6. The van der Waals surface area contributed by atoms with Crippen molar-refractivity contribution in [3.63, 3.8) is 0 Å². The van der Waals surface area contributed by atoms with E-state index in [9.17, 15) is 4.79 Å². The fraction of sp³-hybridized carbons (Fsp3) is 0.350. The molecule has 0 fully saturated rings. The van der Waals surface area contributed by atoms with Crippen molar-refractivity contribution in [2.24, 2.45) is 0 Å². The van der Waals surface area contributed by atoms with Crippen LogP contribution in [0, 0.1) is 13.8 Å². The number of ether oxygens (including phenoxy) is 1. The van der Waals surface area contributed by atoms with Crippen molar-refractivity contribution in [1.29, 1.82) is 0 Å². The number of aryl methyl sites for hydroxylation is 2. The first kappa shape index (κ1) is 18.3. The largest absolute Gasteiger partial charge is 0.481 e. The van der Waals surface area contributed by atoms with Gasteiger partial charge in [0, 0.05) is 5.02 Å². The molecule has 0 unspecified atom stereocenters. The summed E-state index contributed by atoms with van der Waals surface area (Å²) in [6.45, 7) is 8.04. The van der Waals surface area contributed by atoms with Crippen LogP contribution in [0.4, 0.5) is 0 Å². The van der Waals surface area contributed by atoms with Crippen LogP contribution in [-0.4, -0.2) is 12.0 Å². The maximum atomic E-state index is 12.6. The molecule has 128 valence electrons. The van der Waals surface area contributed by atoms with Crippen molar-refractivity contribution in [3.05, 3.63) is 64.2 Å². The fourth-order valence-electron chi connectivity index (χ4n) is 2.72. The fourth-order valence-corrected chi connectivity index (χ4v) is 2.90. The lowest BCUT2D eigenvalue weighted by Gasteiger charge is -2.22. The van der Waals surface area contributed by atoms with Crippen LogP contribution in [0.15, 0.2) is 42.5 Å². The average Bonchev–Trinajstić information content (AvgIpc) is 2.52. The Hall–Kier alpha value is -2.00. The zero-order chi connectivity index (χ0) is 17.7. The maximum Gasteiger partial charge on any atom is 0.261 e. The molecule has 0 aliphatic heterocycles. The Morgan fingerprint density at radius 2 is 1.96 bits per heavy atom. The smallest absolute Gasteiger partial charge is 0.261 e. The van der Waals surface area contributed by atoms with Gasteiger partial charge in [0.25, 0.3) is 5.91 Å². The van der Waals surface area contributed by atoms with Crippen LogP contribution in [-0.2, 0) is 4.79 Å². The number of benzene rings is 2. The van der Waals surface area contributed by atoms with Crippen LogP contribution in [0.1, 0.15) is 43.0 Å². The summed E-state index contributed by atoms with van der Waals surface area (Å²) in [6.07, 6.45) is 0.0365. The lowest BCUT2D eigenvalue weighted by atomic mass is 10.00. The van der Waals surface area contributed by atoms with Crippen molar-refractivity contribution in [3.8, 4) is 5.75 Å². The van der Waals surface area contributed by atoms with Gasteiger partial charge in [-0.15, -0.1) is 0 Å². The highest BCUT2D eigenvalue weighted by Crippen LogP contribution is 2.21. The first-order valence-electron chi connectivity index (χ1n) is 8.20. The molecule has 4 heteroatoms. The summed E-state index contributed by atoms with van der Waals surface area (Å²) in [7, 11) is 0. The van der Waals surface area contributed by atoms with Gasteiger partial charge in [-0.1, -0.05) is 48.4 Å². The van der Waals surface area contributed by atoms with Gasteiger partial charge in [-0.2, -0.15) is 0 Å². The third kappa shape index (κ3) is 4.75. The second-order valence-corrected chi connectivity index (χ2v) is 6.50. The third-order valence-electron chi connectivity index (χ3n) is 3.99. The van der Waals surface area contributed by atoms with Gasteiger partial charge in [0.1, 0.15) is 5.75 Å². The molecule has 2 aromatic carbocycles. The summed E-state index contributed by atoms with van der Waals surface area (Å²) < 4.78 is 5.80. The predicted octanol–water partition coefficient (Wildman–Crippen LogP) is 4.99. The normalized spacial score (nSPS) is 13.2. The summed E-state index contributed by atoms with van der Waals surface area (Å²) in [4.78, 5) is 12.6. The number of carbonyl (C=O) groups excluding carboxylic acids is 1. The topological polar surface area (TPSA) is 38.3 Å².